The van der Waals surface area contributed by atoms with Crippen LogP contribution in [-0.4, -0.2) is 32.6 Å². The first-order valence-electron chi connectivity index (χ1n) is 6.81. The SMILES string of the molecule is C=CCCCCCC(NC)C(OCC)OCC. The van der Waals surface area contributed by atoms with E-state index in [9.17, 15) is 0 Å². The van der Waals surface area contributed by atoms with Crippen molar-refractivity contribution in [3.05, 3.63) is 12.7 Å². The molecule has 0 aromatic rings. The van der Waals surface area contributed by atoms with Crippen LogP contribution in [-0.2, 0) is 9.47 Å². The molecule has 0 spiro atoms. The molecule has 1 unspecified atom stereocenters. The molecule has 102 valence electrons. The number of hydrogen-bond acceptors (Lipinski definition) is 3. The van der Waals surface area contributed by atoms with Gasteiger partial charge in [0.1, 0.15) is 0 Å². The quantitative estimate of drug-likeness (QED) is 0.324. The summed E-state index contributed by atoms with van der Waals surface area (Å²) in [5, 5.41) is 3.29. The summed E-state index contributed by atoms with van der Waals surface area (Å²) < 4.78 is 11.2. The third-order valence-corrected chi connectivity index (χ3v) is 2.78. The number of nitrogens with one attached hydrogen (secondary N) is 1. The van der Waals surface area contributed by atoms with Crippen LogP contribution in [0.2, 0.25) is 0 Å². The topological polar surface area (TPSA) is 30.5 Å². The molecule has 0 aliphatic heterocycles. The molecular formula is C14H29NO2. The summed E-state index contributed by atoms with van der Waals surface area (Å²) >= 11 is 0. The summed E-state index contributed by atoms with van der Waals surface area (Å²) in [5.74, 6) is 0. The van der Waals surface area contributed by atoms with Gasteiger partial charge in [0.2, 0.25) is 0 Å². The largest absolute Gasteiger partial charge is 0.351 e. The van der Waals surface area contributed by atoms with E-state index < -0.39 is 0 Å². The van der Waals surface area contributed by atoms with Gasteiger partial charge >= 0.3 is 0 Å². The fraction of sp³-hybridized carbons (Fsp3) is 0.857. The van der Waals surface area contributed by atoms with Gasteiger partial charge in [-0.25, -0.2) is 0 Å². The molecular weight excluding hydrogens is 214 g/mol. The molecule has 0 rings (SSSR count). The van der Waals surface area contributed by atoms with E-state index in [1.807, 2.05) is 27.0 Å². The van der Waals surface area contributed by atoms with Crippen LogP contribution in [0.3, 0.4) is 0 Å². The highest BCUT2D eigenvalue weighted by atomic mass is 16.7. The molecule has 0 aromatic carbocycles. The van der Waals surface area contributed by atoms with Crippen LogP contribution in [0, 0.1) is 0 Å². The average molecular weight is 243 g/mol. The smallest absolute Gasteiger partial charge is 0.172 e. The zero-order valence-corrected chi connectivity index (χ0v) is 11.7. The molecule has 0 amide bonds. The number of likely N-dealkylation sites (N-methyl/N-ethyl adjacent to an activating group) is 1. The van der Waals surface area contributed by atoms with Crippen molar-refractivity contribution < 1.29 is 9.47 Å². The lowest BCUT2D eigenvalue weighted by atomic mass is 10.1. The molecule has 1 atom stereocenters. The van der Waals surface area contributed by atoms with E-state index in [4.69, 9.17) is 9.47 Å². The second-order valence-corrected chi connectivity index (χ2v) is 4.10. The number of rotatable bonds is 12. The molecule has 0 radical (unpaired) electrons. The minimum absolute atomic E-state index is 0.116. The maximum absolute atomic E-state index is 5.61. The molecule has 0 aliphatic carbocycles. The molecule has 1 N–H and O–H groups in total. The van der Waals surface area contributed by atoms with E-state index in [2.05, 4.69) is 11.9 Å². The van der Waals surface area contributed by atoms with E-state index in [0.717, 1.165) is 12.8 Å². The Kier molecular flexibility index (Phi) is 11.8. The Morgan fingerprint density at radius 2 is 1.76 bits per heavy atom. The van der Waals surface area contributed by atoms with Crippen LogP contribution < -0.4 is 5.32 Å². The maximum atomic E-state index is 5.61. The minimum atomic E-state index is -0.116. The highest BCUT2D eigenvalue weighted by Gasteiger charge is 2.19. The maximum Gasteiger partial charge on any atom is 0.172 e. The van der Waals surface area contributed by atoms with Crippen molar-refractivity contribution >= 4 is 0 Å². The zero-order valence-electron chi connectivity index (χ0n) is 11.7. The molecule has 3 nitrogen and oxygen atoms in total. The highest BCUT2D eigenvalue weighted by molar-refractivity contribution is 4.70. The second kappa shape index (κ2) is 12.1. The van der Waals surface area contributed by atoms with Crippen LogP contribution in [0.1, 0.15) is 46.0 Å². The van der Waals surface area contributed by atoms with E-state index in [-0.39, 0.29) is 6.29 Å². The van der Waals surface area contributed by atoms with Gasteiger partial charge in [-0.15, -0.1) is 6.58 Å². The van der Waals surface area contributed by atoms with Crippen molar-refractivity contribution in [2.75, 3.05) is 20.3 Å². The molecule has 0 heterocycles. The summed E-state index contributed by atoms with van der Waals surface area (Å²) in [6.45, 7) is 9.13. The third kappa shape index (κ3) is 8.36. The zero-order chi connectivity index (χ0) is 12.9. The Morgan fingerprint density at radius 1 is 1.12 bits per heavy atom. The fourth-order valence-electron chi connectivity index (χ4n) is 1.86. The first kappa shape index (κ1) is 16.6. The molecule has 3 heteroatoms. The lowest BCUT2D eigenvalue weighted by molar-refractivity contribution is -0.154. The van der Waals surface area contributed by atoms with Crippen molar-refractivity contribution in [2.45, 2.75) is 58.3 Å². The van der Waals surface area contributed by atoms with Crippen molar-refractivity contribution in [1.82, 2.24) is 5.32 Å². The van der Waals surface area contributed by atoms with Gasteiger partial charge in [-0.05, 0) is 40.2 Å². The molecule has 0 bridgehead atoms. The van der Waals surface area contributed by atoms with Crippen molar-refractivity contribution in [3.63, 3.8) is 0 Å². The third-order valence-electron chi connectivity index (χ3n) is 2.78. The Bertz CT molecular complexity index is 168. The Morgan fingerprint density at radius 3 is 2.24 bits per heavy atom. The van der Waals surface area contributed by atoms with Crippen LogP contribution in [0.15, 0.2) is 12.7 Å². The molecule has 0 saturated heterocycles. The standard InChI is InChI=1S/C14H29NO2/c1-5-8-9-10-11-12-13(15-4)14(16-6-2)17-7-3/h5,13-15H,1,6-12H2,2-4H3. The van der Waals surface area contributed by atoms with E-state index >= 15 is 0 Å². The highest BCUT2D eigenvalue weighted by Crippen LogP contribution is 2.11. The van der Waals surface area contributed by atoms with Crippen LogP contribution >= 0.6 is 0 Å². The normalized spacial score (nSPS) is 12.9. The molecule has 0 aliphatic rings. The predicted octanol–water partition coefficient (Wildman–Crippen LogP) is 3.11. The predicted molar refractivity (Wildman–Crippen MR) is 73.2 cm³/mol. The summed E-state index contributed by atoms with van der Waals surface area (Å²) in [7, 11) is 1.97. The van der Waals surface area contributed by atoms with E-state index in [1.54, 1.807) is 0 Å². The Labute approximate surface area is 107 Å². The number of hydrogen-bond donors (Lipinski definition) is 1. The van der Waals surface area contributed by atoms with Gasteiger partial charge in [0.05, 0.1) is 6.04 Å². The van der Waals surface area contributed by atoms with Crippen LogP contribution in [0.4, 0.5) is 0 Å². The van der Waals surface area contributed by atoms with Gasteiger partial charge in [0.25, 0.3) is 0 Å². The molecule has 0 saturated carbocycles. The second-order valence-electron chi connectivity index (χ2n) is 4.10. The average Bonchev–Trinajstić information content (AvgIpc) is 2.34. The minimum Gasteiger partial charge on any atom is -0.351 e. The summed E-state index contributed by atoms with van der Waals surface area (Å²) in [4.78, 5) is 0. The fourth-order valence-corrected chi connectivity index (χ4v) is 1.86. The first-order valence-corrected chi connectivity index (χ1v) is 6.81. The monoisotopic (exact) mass is 243 g/mol. The van der Waals surface area contributed by atoms with Gasteiger partial charge in [-0.3, -0.25) is 0 Å². The first-order chi connectivity index (χ1) is 8.29. The molecule has 0 aromatic heterocycles. The van der Waals surface area contributed by atoms with Gasteiger partial charge in [-0.2, -0.15) is 0 Å². The van der Waals surface area contributed by atoms with Crippen molar-refractivity contribution in [2.24, 2.45) is 0 Å². The van der Waals surface area contributed by atoms with Crippen molar-refractivity contribution in [3.8, 4) is 0 Å². The molecule has 17 heavy (non-hydrogen) atoms. The lowest BCUT2D eigenvalue weighted by Gasteiger charge is -2.26. The van der Waals surface area contributed by atoms with Gasteiger partial charge in [-0.1, -0.05) is 18.9 Å². The Hall–Kier alpha value is -0.380. The van der Waals surface area contributed by atoms with Gasteiger partial charge in [0.15, 0.2) is 6.29 Å². The lowest BCUT2D eigenvalue weighted by Crippen LogP contribution is -2.41. The molecule has 0 fully saturated rings. The Balaban J connectivity index is 3.86. The number of allylic oxidation sites excluding steroid dienone is 1. The van der Waals surface area contributed by atoms with Gasteiger partial charge in [0, 0.05) is 13.2 Å². The summed E-state index contributed by atoms with van der Waals surface area (Å²) in [6.07, 6.45) is 7.76. The van der Waals surface area contributed by atoms with Crippen LogP contribution in [0.5, 0.6) is 0 Å². The number of ether oxygens (including phenoxy) is 2. The van der Waals surface area contributed by atoms with Gasteiger partial charge < -0.3 is 14.8 Å². The summed E-state index contributed by atoms with van der Waals surface area (Å²) in [5.41, 5.74) is 0. The van der Waals surface area contributed by atoms with E-state index in [0.29, 0.717) is 19.3 Å². The van der Waals surface area contributed by atoms with E-state index in [1.165, 1.54) is 19.3 Å². The summed E-state index contributed by atoms with van der Waals surface area (Å²) in [6, 6.07) is 0.290. The van der Waals surface area contributed by atoms with Crippen molar-refractivity contribution in [1.29, 1.82) is 0 Å². The number of unbranched alkanes of at least 4 members (excludes halogenated alkanes) is 3. The van der Waals surface area contributed by atoms with Crippen LogP contribution in [0.25, 0.3) is 0 Å².